The first kappa shape index (κ1) is 19.3. The summed E-state index contributed by atoms with van der Waals surface area (Å²) in [4.78, 5) is 24.5. The Balaban J connectivity index is 1.53. The van der Waals surface area contributed by atoms with Gasteiger partial charge in [0.15, 0.2) is 0 Å². The Morgan fingerprint density at radius 1 is 0.786 bits per heavy atom. The van der Waals surface area contributed by atoms with Crippen molar-refractivity contribution in [2.75, 3.05) is 10.6 Å². The summed E-state index contributed by atoms with van der Waals surface area (Å²) in [5.74, 6) is -0.890. The molecule has 0 fully saturated rings. The summed E-state index contributed by atoms with van der Waals surface area (Å²) in [5.41, 5.74) is 2.51. The molecule has 0 radical (unpaired) electrons. The normalized spacial score (nSPS) is 10.3. The van der Waals surface area contributed by atoms with Crippen molar-refractivity contribution in [2.24, 2.45) is 0 Å². The smallest absolute Gasteiger partial charge is 0.255 e. The van der Waals surface area contributed by atoms with E-state index in [1.54, 1.807) is 30.3 Å². The standard InChI is InChI=1S/C23H21FN2O2/c24-19-11-6-13-21(16-19)26-23(28)18-10-5-12-20(15-18)25-22(27)14-4-9-17-7-2-1-3-8-17/h1-3,5-8,10-13,15-16H,4,9,14H2,(H,25,27)(H,26,28). The SMILES string of the molecule is O=C(CCCc1ccccc1)Nc1cccc(C(=O)Nc2cccc(F)c2)c1. The summed E-state index contributed by atoms with van der Waals surface area (Å²) >= 11 is 0. The molecule has 3 aromatic carbocycles. The van der Waals surface area contributed by atoms with E-state index >= 15 is 0 Å². The lowest BCUT2D eigenvalue weighted by Crippen LogP contribution is -2.14. The molecule has 5 heteroatoms. The van der Waals surface area contributed by atoms with Crippen LogP contribution in [0.3, 0.4) is 0 Å². The van der Waals surface area contributed by atoms with E-state index < -0.39 is 5.82 Å². The van der Waals surface area contributed by atoms with Gasteiger partial charge in [-0.1, -0.05) is 42.5 Å². The minimum atomic E-state index is -0.422. The molecule has 2 amide bonds. The van der Waals surface area contributed by atoms with Gasteiger partial charge in [-0.15, -0.1) is 0 Å². The molecule has 0 atom stereocenters. The van der Waals surface area contributed by atoms with Crippen molar-refractivity contribution in [1.29, 1.82) is 0 Å². The molecular weight excluding hydrogens is 355 g/mol. The number of rotatable bonds is 7. The van der Waals surface area contributed by atoms with Crippen LogP contribution in [0, 0.1) is 5.82 Å². The van der Waals surface area contributed by atoms with E-state index in [0.29, 0.717) is 23.4 Å². The van der Waals surface area contributed by atoms with Crippen LogP contribution in [0.25, 0.3) is 0 Å². The second kappa shape index (κ2) is 9.46. The fourth-order valence-corrected chi connectivity index (χ4v) is 2.83. The molecule has 0 unspecified atom stereocenters. The predicted octanol–water partition coefficient (Wildman–Crippen LogP) is 5.04. The number of nitrogens with one attached hydrogen (secondary N) is 2. The third kappa shape index (κ3) is 5.77. The highest BCUT2D eigenvalue weighted by Crippen LogP contribution is 2.15. The highest BCUT2D eigenvalue weighted by atomic mass is 19.1. The van der Waals surface area contributed by atoms with Crippen molar-refractivity contribution in [2.45, 2.75) is 19.3 Å². The van der Waals surface area contributed by atoms with Crippen LogP contribution < -0.4 is 10.6 Å². The van der Waals surface area contributed by atoms with Gasteiger partial charge in [-0.05, 0) is 54.8 Å². The zero-order chi connectivity index (χ0) is 19.8. The van der Waals surface area contributed by atoms with Gasteiger partial charge in [0.1, 0.15) is 5.82 Å². The maximum Gasteiger partial charge on any atom is 0.255 e. The fraction of sp³-hybridized carbons (Fsp3) is 0.130. The molecule has 28 heavy (non-hydrogen) atoms. The van der Waals surface area contributed by atoms with Crippen molar-refractivity contribution in [3.05, 3.63) is 95.8 Å². The van der Waals surface area contributed by atoms with Gasteiger partial charge in [0.25, 0.3) is 5.91 Å². The van der Waals surface area contributed by atoms with Crippen LogP contribution in [0.1, 0.15) is 28.8 Å². The lowest BCUT2D eigenvalue weighted by Gasteiger charge is -2.09. The van der Waals surface area contributed by atoms with Gasteiger partial charge in [-0.2, -0.15) is 0 Å². The van der Waals surface area contributed by atoms with E-state index in [2.05, 4.69) is 10.6 Å². The minimum absolute atomic E-state index is 0.0985. The Morgan fingerprint density at radius 2 is 1.50 bits per heavy atom. The number of hydrogen-bond donors (Lipinski definition) is 2. The van der Waals surface area contributed by atoms with Crippen molar-refractivity contribution in [3.8, 4) is 0 Å². The molecule has 0 saturated heterocycles. The number of carbonyl (C=O) groups is 2. The van der Waals surface area contributed by atoms with Crippen LogP contribution in [-0.4, -0.2) is 11.8 Å². The predicted molar refractivity (Wildman–Crippen MR) is 109 cm³/mol. The van der Waals surface area contributed by atoms with Gasteiger partial charge in [-0.3, -0.25) is 9.59 Å². The van der Waals surface area contributed by atoms with E-state index in [9.17, 15) is 14.0 Å². The summed E-state index contributed by atoms with van der Waals surface area (Å²) < 4.78 is 13.2. The summed E-state index contributed by atoms with van der Waals surface area (Å²) in [5, 5.41) is 5.46. The average Bonchev–Trinajstić information content (AvgIpc) is 2.69. The van der Waals surface area contributed by atoms with E-state index in [1.165, 1.54) is 23.8 Å². The molecule has 4 nitrogen and oxygen atoms in total. The van der Waals surface area contributed by atoms with Gasteiger partial charge in [0.05, 0.1) is 0 Å². The molecule has 2 N–H and O–H groups in total. The zero-order valence-electron chi connectivity index (χ0n) is 15.3. The monoisotopic (exact) mass is 376 g/mol. The van der Waals surface area contributed by atoms with Crippen molar-refractivity contribution >= 4 is 23.2 Å². The summed E-state index contributed by atoms with van der Waals surface area (Å²) in [6, 6.07) is 22.4. The van der Waals surface area contributed by atoms with Crippen molar-refractivity contribution < 1.29 is 14.0 Å². The summed E-state index contributed by atoms with van der Waals surface area (Å²) in [7, 11) is 0. The molecule has 0 aromatic heterocycles. The van der Waals surface area contributed by atoms with Gasteiger partial charge in [0, 0.05) is 23.4 Å². The number of amides is 2. The molecular formula is C23H21FN2O2. The topological polar surface area (TPSA) is 58.2 Å². The molecule has 0 saturated carbocycles. The Labute approximate surface area is 163 Å². The largest absolute Gasteiger partial charge is 0.326 e. The zero-order valence-corrected chi connectivity index (χ0v) is 15.3. The number of hydrogen-bond acceptors (Lipinski definition) is 2. The Morgan fingerprint density at radius 3 is 2.25 bits per heavy atom. The highest BCUT2D eigenvalue weighted by molar-refractivity contribution is 6.05. The maximum absolute atomic E-state index is 13.2. The number of halogens is 1. The first-order valence-corrected chi connectivity index (χ1v) is 9.11. The van der Waals surface area contributed by atoms with Crippen LogP contribution in [0.5, 0.6) is 0 Å². The van der Waals surface area contributed by atoms with Crippen molar-refractivity contribution in [3.63, 3.8) is 0 Å². The Kier molecular flexibility index (Phi) is 6.52. The van der Waals surface area contributed by atoms with Crippen LogP contribution in [0.15, 0.2) is 78.9 Å². The second-order valence-corrected chi connectivity index (χ2v) is 6.43. The molecule has 142 valence electrons. The number of aryl methyl sites for hydroxylation is 1. The molecule has 0 aliphatic heterocycles. The van der Waals surface area contributed by atoms with E-state index in [-0.39, 0.29) is 11.8 Å². The molecule has 0 heterocycles. The highest BCUT2D eigenvalue weighted by Gasteiger charge is 2.09. The molecule has 0 aliphatic carbocycles. The van der Waals surface area contributed by atoms with Gasteiger partial charge >= 0.3 is 0 Å². The molecule has 3 rings (SSSR count). The van der Waals surface area contributed by atoms with Gasteiger partial charge in [-0.25, -0.2) is 4.39 Å². The molecule has 3 aromatic rings. The Hall–Kier alpha value is -3.47. The van der Waals surface area contributed by atoms with Crippen molar-refractivity contribution in [1.82, 2.24) is 0 Å². The third-order valence-corrected chi connectivity index (χ3v) is 4.20. The first-order chi connectivity index (χ1) is 13.6. The van der Waals surface area contributed by atoms with E-state index in [1.807, 2.05) is 30.3 Å². The third-order valence-electron chi connectivity index (χ3n) is 4.20. The Bertz CT molecular complexity index is 958. The van der Waals surface area contributed by atoms with Gasteiger partial charge in [0.2, 0.25) is 5.91 Å². The fourth-order valence-electron chi connectivity index (χ4n) is 2.83. The van der Waals surface area contributed by atoms with Gasteiger partial charge < -0.3 is 10.6 Å². The molecule has 0 bridgehead atoms. The van der Waals surface area contributed by atoms with E-state index in [4.69, 9.17) is 0 Å². The number of anilines is 2. The number of carbonyl (C=O) groups excluding carboxylic acids is 2. The second-order valence-electron chi connectivity index (χ2n) is 6.43. The molecule has 0 aliphatic rings. The first-order valence-electron chi connectivity index (χ1n) is 9.11. The van der Waals surface area contributed by atoms with Crippen LogP contribution in [0.2, 0.25) is 0 Å². The number of benzene rings is 3. The maximum atomic E-state index is 13.2. The van der Waals surface area contributed by atoms with E-state index in [0.717, 1.165) is 12.8 Å². The lowest BCUT2D eigenvalue weighted by atomic mass is 10.1. The minimum Gasteiger partial charge on any atom is -0.326 e. The van der Waals surface area contributed by atoms with Crippen LogP contribution in [-0.2, 0) is 11.2 Å². The lowest BCUT2D eigenvalue weighted by molar-refractivity contribution is -0.116. The molecule has 0 spiro atoms. The quantitative estimate of drug-likeness (QED) is 0.607. The average molecular weight is 376 g/mol. The van der Waals surface area contributed by atoms with Crippen LogP contribution in [0.4, 0.5) is 15.8 Å². The van der Waals surface area contributed by atoms with Crippen LogP contribution >= 0.6 is 0 Å². The summed E-state index contributed by atoms with van der Waals surface area (Å²) in [6.45, 7) is 0. The summed E-state index contributed by atoms with van der Waals surface area (Å²) in [6.07, 6.45) is 1.98.